The standard InChI is InChI=1S/C18H32N4O4Si/c1-7-8-9-26-15-12-22(14-25-10-11-27(4,5)6)20-16(17(15)23)18(24)19-13-21(2)3/h12-13H,7-11,14H2,1-6H3. The third-order valence-corrected chi connectivity index (χ3v) is 5.22. The van der Waals surface area contributed by atoms with Gasteiger partial charge < -0.3 is 14.4 Å². The van der Waals surface area contributed by atoms with Crippen molar-refractivity contribution in [3.63, 3.8) is 0 Å². The fourth-order valence-electron chi connectivity index (χ4n) is 1.91. The first-order valence-electron chi connectivity index (χ1n) is 9.21. The lowest BCUT2D eigenvalue weighted by Gasteiger charge is -2.16. The number of aromatic nitrogens is 2. The number of unbranched alkanes of at least 4 members (excludes halogenated alkanes) is 1. The zero-order valence-electron chi connectivity index (χ0n) is 17.3. The Balaban J connectivity index is 3.00. The molecule has 0 spiro atoms. The lowest BCUT2D eigenvalue weighted by atomic mass is 10.3. The van der Waals surface area contributed by atoms with Gasteiger partial charge in [0.1, 0.15) is 6.73 Å². The van der Waals surface area contributed by atoms with Crippen molar-refractivity contribution in [2.24, 2.45) is 4.99 Å². The summed E-state index contributed by atoms with van der Waals surface area (Å²) in [6.07, 6.45) is 4.58. The number of nitrogens with zero attached hydrogens (tertiary/aromatic N) is 4. The van der Waals surface area contributed by atoms with Gasteiger partial charge in [-0.25, -0.2) is 4.68 Å². The van der Waals surface area contributed by atoms with E-state index in [4.69, 9.17) is 9.47 Å². The van der Waals surface area contributed by atoms with Crippen LogP contribution < -0.4 is 10.2 Å². The van der Waals surface area contributed by atoms with Crippen molar-refractivity contribution >= 4 is 20.3 Å². The lowest BCUT2D eigenvalue weighted by Crippen LogP contribution is -2.25. The molecule has 1 aromatic rings. The minimum atomic E-state index is -1.19. The second kappa shape index (κ2) is 11.0. The van der Waals surface area contributed by atoms with Crippen molar-refractivity contribution in [2.75, 3.05) is 27.3 Å². The van der Waals surface area contributed by atoms with E-state index in [9.17, 15) is 9.59 Å². The zero-order valence-corrected chi connectivity index (χ0v) is 18.3. The van der Waals surface area contributed by atoms with Crippen LogP contribution in [0.2, 0.25) is 25.7 Å². The Morgan fingerprint density at radius 1 is 1.33 bits per heavy atom. The van der Waals surface area contributed by atoms with Crippen LogP contribution in [0.5, 0.6) is 5.75 Å². The first-order chi connectivity index (χ1) is 12.6. The van der Waals surface area contributed by atoms with E-state index < -0.39 is 19.4 Å². The van der Waals surface area contributed by atoms with E-state index in [1.807, 2.05) is 6.92 Å². The minimum absolute atomic E-state index is 0.0932. The maximum absolute atomic E-state index is 12.5. The topological polar surface area (TPSA) is 86.0 Å². The Labute approximate surface area is 162 Å². The summed E-state index contributed by atoms with van der Waals surface area (Å²) < 4.78 is 12.6. The summed E-state index contributed by atoms with van der Waals surface area (Å²) in [5, 5.41) is 4.10. The summed E-state index contributed by atoms with van der Waals surface area (Å²) >= 11 is 0. The predicted molar refractivity (Wildman–Crippen MR) is 110 cm³/mol. The first kappa shape index (κ1) is 23.0. The molecule has 0 saturated carbocycles. The molecule has 152 valence electrons. The second-order valence-electron chi connectivity index (χ2n) is 7.77. The Morgan fingerprint density at radius 3 is 2.63 bits per heavy atom. The first-order valence-corrected chi connectivity index (χ1v) is 12.9. The fraction of sp³-hybridized carbons (Fsp3) is 0.667. The maximum atomic E-state index is 12.5. The van der Waals surface area contributed by atoms with E-state index in [2.05, 4.69) is 29.7 Å². The number of carbonyl (C=O) groups excluding carboxylic acids is 1. The Bertz CT molecular complexity index is 696. The molecule has 0 fully saturated rings. The monoisotopic (exact) mass is 396 g/mol. The minimum Gasteiger partial charge on any atom is -0.488 e. The Morgan fingerprint density at radius 2 is 2.04 bits per heavy atom. The second-order valence-corrected chi connectivity index (χ2v) is 13.4. The van der Waals surface area contributed by atoms with Crippen molar-refractivity contribution in [1.29, 1.82) is 0 Å². The predicted octanol–water partition coefficient (Wildman–Crippen LogP) is 2.46. The highest BCUT2D eigenvalue weighted by Gasteiger charge is 2.18. The highest BCUT2D eigenvalue weighted by molar-refractivity contribution is 6.76. The summed E-state index contributed by atoms with van der Waals surface area (Å²) in [4.78, 5) is 30.2. The maximum Gasteiger partial charge on any atom is 0.303 e. The van der Waals surface area contributed by atoms with Gasteiger partial charge in [0.05, 0.1) is 19.1 Å². The van der Waals surface area contributed by atoms with Gasteiger partial charge >= 0.3 is 5.91 Å². The van der Waals surface area contributed by atoms with E-state index in [0.717, 1.165) is 18.9 Å². The van der Waals surface area contributed by atoms with Crippen molar-refractivity contribution in [2.45, 2.75) is 52.2 Å². The van der Waals surface area contributed by atoms with Gasteiger partial charge in [-0.15, -0.1) is 0 Å². The van der Waals surface area contributed by atoms with Crippen LogP contribution in [0.3, 0.4) is 0 Å². The van der Waals surface area contributed by atoms with Crippen LogP contribution in [0.15, 0.2) is 16.0 Å². The molecule has 0 atom stereocenters. The molecule has 8 nitrogen and oxygen atoms in total. The Kier molecular flexibility index (Phi) is 9.37. The van der Waals surface area contributed by atoms with E-state index in [0.29, 0.717) is 13.2 Å². The smallest absolute Gasteiger partial charge is 0.303 e. The highest BCUT2D eigenvalue weighted by Crippen LogP contribution is 2.09. The molecule has 0 radical (unpaired) electrons. The highest BCUT2D eigenvalue weighted by atomic mass is 28.3. The zero-order chi connectivity index (χ0) is 20.4. The molecule has 0 aliphatic rings. The molecule has 1 heterocycles. The molecule has 1 aromatic heterocycles. The molecular formula is C18H32N4O4Si. The number of carbonyl (C=O) groups is 1. The van der Waals surface area contributed by atoms with Gasteiger partial charge in [-0.05, 0) is 12.5 Å². The van der Waals surface area contributed by atoms with Gasteiger partial charge in [0.25, 0.3) is 5.43 Å². The molecule has 0 aromatic carbocycles. The molecule has 0 N–H and O–H groups in total. The Hall–Kier alpha value is -2.00. The summed E-state index contributed by atoms with van der Waals surface area (Å²) in [6.45, 7) is 10.0. The van der Waals surface area contributed by atoms with Gasteiger partial charge in [-0.1, -0.05) is 33.0 Å². The van der Waals surface area contributed by atoms with Gasteiger partial charge in [-0.3, -0.25) is 9.59 Å². The van der Waals surface area contributed by atoms with Crippen LogP contribution in [0, 0.1) is 0 Å². The molecule has 0 saturated heterocycles. The summed E-state index contributed by atoms with van der Waals surface area (Å²) in [5.74, 6) is -0.610. The van der Waals surface area contributed by atoms with Gasteiger partial charge in [0, 0.05) is 28.8 Å². The van der Waals surface area contributed by atoms with Crippen LogP contribution in [-0.2, 0) is 11.5 Å². The van der Waals surface area contributed by atoms with E-state index in [1.54, 1.807) is 19.0 Å². The fourth-order valence-corrected chi connectivity index (χ4v) is 2.67. The van der Waals surface area contributed by atoms with Crippen LogP contribution in [0.25, 0.3) is 0 Å². The van der Waals surface area contributed by atoms with Crippen LogP contribution in [0.4, 0.5) is 0 Å². The van der Waals surface area contributed by atoms with Crippen molar-refractivity contribution in [1.82, 2.24) is 14.7 Å². The van der Waals surface area contributed by atoms with Crippen LogP contribution in [0.1, 0.15) is 30.3 Å². The summed E-state index contributed by atoms with van der Waals surface area (Å²) in [7, 11) is 2.28. The average molecular weight is 397 g/mol. The van der Waals surface area contributed by atoms with Crippen molar-refractivity contribution < 1.29 is 14.3 Å². The van der Waals surface area contributed by atoms with Gasteiger partial charge in [0.15, 0.2) is 5.75 Å². The largest absolute Gasteiger partial charge is 0.488 e. The van der Waals surface area contributed by atoms with E-state index in [1.165, 1.54) is 17.2 Å². The number of ether oxygens (including phenoxy) is 2. The molecule has 0 unspecified atom stereocenters. The molecule has 0 aliphatic heterocycles. The normalized spacial score (nSPS) is 11.8. The van der Waals surface area contributed by atoms with Crippen LogP contribution in [-0.4, -0.2) is 62.3 Å². The molecule has 0 bridgehead atoms. The number of amides is 1. The molecule has 1 rings (SSSR count). The number of hydrogen-bond donors (Lipinski definition) is 0. The third kappa shape index (κ3) is 8.96. The third-order valence-electron chi connectivity index (χ3n) is 3.52. The quantitative estimate of drug-likeness (QED) is 0.247. The summed E-state index contributed by atoms with van der Waals surface area (Å²) in [5.41, 5.74) is -0.818. The molecule has 27 heavy (non-hydrogen) atoms. The van der Waals surface area contributed by atoms with E-state index >= 15 is 0 Å². The average Bonchev–Trinajstić information content (AvgIpc) is 2.58. The number of rotatable bonds is 11. The SMILES string of the molecule is CCCCOc1cn(COCC[Si](C)(C)C)nc(C(=O)N=CN(C)C)c1=O. The number of hydrogen-bond acceptors (Lipinski definition) is 5. The molecule has 9 heteroatoms. The van der Waals surface area contributed by atoms with Crippen LogP contribution >= 0.6 is 0 Å². The van der Waals surface area contributed by atoms with Gasteiger partial charge in [0.2, 0.25) is 5.69 Å². The van der Waals surface area contributed by atoms with Crippen molar-refractivity contribution in [3.05, 3.63) is 22.1 Å². The van der Waals surface area contributed by atoms with Gasteiger partial charge in [-0.2, -0.15) is 10.1 Å². The molecule has 0 aliphatic carbocycles. The molecular weight excluding hydrogens is 364 g/mol. The van der Waals surface area contributed by atoms with E-state index in [-0.39, 0.29) is 18.2 Å². The lowest BCUT2D eigenvalue weighted by molar-refractivity contribution is 0.0752. The summed E-state index contributed by atoms with van der Waals surface area (Å²) in [6, 6.07) is 1.02. The number of aliphatic imine (C=N–C) groups is 1. The molecule has 1 amide bonds. The van der Waals surface area contributed by atoms with Crippen molar-refractivity contribution in [3.8, 4) is 5.75 Å².